The molecule has 0 saturated heterocycles. The lowest BCUT2D eigenvalue weighted by Gasteiger charge is -2.20. The summed E-state index contributed by atoms with van der Waals surface area (Å²) >= 11 is 0. The Labute approximate surface area is 159 Å². The van der Waals surface area contributed by atoms with Crippen LogP contribution in [0.2, 0.25) is 0 Å². The van der Waals surface area contributed by atoms with Gasteiger partial charge in [-0.2, -0.15) is 0 Å². The molecule has 0 radical (unpaired) electrons. The van der Waals surface area contributed by atoms with E-state index in [2.05, 4.69) is 26.1 Å². The predicted octanol–water partition coefficient (Wildman–Crippen LogP) is 3.57. The second kappa shape index (κ2) is 8.80. The monoisotopic (exact) mass is 371 g/mol. The molecule has 0 unspecified atom stereocenters. The minimum Gasteiger partial charge on any atom is -0.467 e. The highest BCUT2D eigenvalue weighted by atomic mass is 19.1. The van der Waals surface area contributed by atoms with Gasteiger partial charge in [0.1, 0.15) is 11.9 Å². The number of esters is 1. The quantitative estimate of drug-likeness (QED) is 0.790. The van der Waals surface area contributed by atoms with Crippen LogP contribution in [-0.2, 0) is 32.6 Å². The summed E-state index contributed by atoms with van der Waals surface area (Å²) in [5.41, 5.74) is 2.70. The van der Waals surface area contributed by atoms with Gasteiger partial charge in [-0.1, -0.05) is 57.2 Å². The number of ether oxygens (including phenoxy) is 1. The van der Waals surface area contributed by atoms with E-state index in [9.17, 15) is 14.0 Å². The molecule has 144 valence electrons. The fourth-order valence-corrected chi connectivity index (χ4v) is 2.79. The van der Waals surface area contributed by atoms with Crippen molar-refractivity contribution in [3.05, 3.63) is 71.0 Å². The van der Waals surface area contributed by atoms with Crippen molar-refractivity contribution in [2.45, 2.75) is 45.1 Å². The molecule has 0 bridgehead atoms. The summed E-state index contributed by atoms with van der Waals surface area (Å²) in [5, 5.41) is 2.69. The van der Waals surface area contributed by atoms with E-state index in [1.165, 1.54) is 24.8 Å². The third-order valence-corrected chi connectivity index (χ3v) is 4.33. The molecule has 5 heteroatoms. The molecule has 0 aliphatic rings. The summed E-state index contributed by atoms with van der Waals surface area (Å²) in [5.74, 6) is -1.27. The summed E-state index contributed by atoms with van der Waals surface area (Å²) in [6, 6.07) is 13.0. The third kappa shape index (κ3) is 6.20. The number of carbonyl (C=O) groups is 2. The topological polar surface area (TPSA) is 55.4 Å². The molecule has 0 heterocycles. The zero-order valence-corrected chi connectivity index (χ0v) is 16.2. The molecule has 0 aliphatic carbocycles. The lowest BCUT2D eigenvalue weighted by Crippen LogP contribution is -2.43. The zero-order chi connectivity index (χ0) is 20.0. The van der Waals surface area contributed by atoms with Crippen LogP contribution in [0.25, 0.3) is 0 Å². The molecule has 0 fully saturated rings. The van der Waals surface area contributed by atoms with Gasteiger partial charge in [0.2, 0.25) is 5.91 Å². The van der Waals surface area contributed by atoms with E-state index in [-0.39, 0.29) is 17.7 Å². The maximum absolute atomic E-state index is 13.3. The highest BCUT2D eigenvalue weighted by molar-refractivity contribution is 5.85. The first kappa shape index (κ1) is 20.6. The fourth-order valence-electron chi connectivity index (χ4n) is 2.79. The van der Waals surface area contributed by atoms with Gasteiger partial charge < -0.3 is 10.1 Å². The maximum Gasteiger partial charge on any atom is 0.328 e. The first-order valence-electron chi connectivity index (χ1n) is 8.90. The van der Waals surface area contributed by atoms with E-state index in [1.807, 2.05) is 24.3 Å². The molecule has 2 aromatic rings. The maximum atomic E-state index is 13.3. The van der Waals surface area contributed by atoms with Crippen LogP contribution in [-0.4, -0.2) is 25.0 Å². The Morgan fingerprint density at radius 3 is 2.30 bits per heavy atom. The van der Waals surface area contributed by atoms with Crippen molar-refractivity contribution in [2.24, 2.45) is 0 Å². The third-order valence-electron chi connectivity index (χ3n) is 4.33. The largest absolute Gasteiger partial charge is 0.467 e. The van der Waals surface area contributed by atoms with Crippen molar-refractivity contribution < 1.29 is 18.7 Å². The highest BCUT2D eigenvalue weighted by Gasteiger charge is 2.22. The molecule has 0 spiro atoms. The van der Waals surface area contributed by atoms with Crippen LogP contribution in [0.4, 0.5) is 4.39 Å². The zero-order valence-electron chi connectivity index (χ0n) is 16.2. The van der Waals surface area contributed by atoms with Crippen LogP contribution in [0.15, 0.2) is 48.5 Å². The van der Waals surface area contributed by atoms with E-state index < -0.39 is 17.8 Å². The Balaban J connectivity index is 2.06. The lowest BCUT2D eigenvalue weighted by atomic mass is 9.86. The van der Waals surface area contributed by atoms with Gasteiger partial charge in [-0.3, -0.25) is 4.79 Å². The van der Waals surface area contributed by atoms with Crippen molar-refractivity contribution >= 4 is 11.9 Å². The summed E-state index contributed by atoms with van der Waals surface area (Å²) in [7, 11) is 1.29. The first-order chi connectivity index (χ1) is 12.7. The summed E-state index contributed by atoms with van der Waals surface area (Å²) in [6.45, 7) is 6.39. The van der Waals surface area contributed by atoms with E-state index in [1.54, 1.807) is 12.1 Å². The van der Waals surface area contributed by atoms with Crippen LogP contribution in [0.1, 0.15) is 37.5 Å². The number of hydrogen-bond donors (Lipinski definition) is 1. The van der Waals surface area contributed by atoms with E-state index >= 15 is 0 Å². The Bertz CT molecular complexity index is 794. The van der Waals surface area contributed by atoms with Crippen molar-refractivity contribution in [3.8, 4) is 0 Å². The van der Waals surface area contributed by atoms with Crippen molar-refractivity contribution in [1.29, 1.82) is 0 Å². The molecule has 27 heavy (non-hydrogen) atoms. The summed E-state index contributed by atoms with van der Waals surface area (Å²) < 4.78 is 18.1. The average molecular weight is 371 g/mol. The number of hydrogen-bond acceptors (Lipinski definition) is 3. The molecular weight excluding hydrogens is 345 g/mol. The minimum absolute atomic E-state index is 0.00574. The van der Waals surface area contributed by atoms with Crippen molar-refractivity contribution in [2.75, 3.05) is 7.11 Å². The second-order valence-corrected chi connectivity index (χ2v) is 7.60. The van der Waals surface area contributed by atoms with Gasteiger partial charge in [-0.25, -0.2) is 9.18 Å². The highest BCUT2D eigenvalue weighted by Crippen LogP contribution is 2.22. The molecule has 0 aromatic heterocycles. The van der Waals surface area contributed by atoms with Gasteiger partial charge in [-0.05, 0) is 34.2 Å². The molecule has 1 atom stereocenters. The van der Waals surface area contributed by atoms with Crippen LogP contribution in [0, 0.1) is 5.82 Å². The van der Waals surface area contributed by atoms with Crippen LogP contribution in [0.3, 0.4) is 0 Å². The van der Waals surface area contributed by atoms with E-state index in [4.69, 9.17) is 4.74 Å². The standard InChI is InChI=1S/C22H26FNO3/c1-22(2,3)17-10-8-15(9-11-17)13-19(21(26)27-4)24-20(25)14-16-6-5-7-18(23)12-16/h5-12,19H,13-14H2,1-4H3,(H,24,25)/t19-/m0/s1. The number of amides is 1. The molecule has 4 nitrogen and oxygen atoms in total. The number of nitrogens with one attached hydrogen (secondary N) is 1. The fraction of sp³-hybridized carbons (Fsp3) is 0.364. The Kier molecular flexibility index (Phi) is 6.72. The molecule has 1 amide bonds. The summed E-state index contributed by atoms with van der Waals surface area (Å²) in [6.07, 6.45) is 0.320. The van der Waals surface area contributed by atoms with Crippen molar-refractivity contribution in [3.63, 3.8) is 0 Å². The molecular formula is C22H26FNO3. The molecule has 2 aromatic carbocycles. The van der Waals surface area contributed by atoms with Crippen LogP contribution < -0.4 is 5.32 Å². The predicted molar refractivity (Wildman–Crippen MR) is 103 cm³/mol. The van der Waals surface area contributed by atoms with Gasteiger partial charge in [0.05, 0.1) is 13.5 Å². The Morgan fingerprint density at radius 2 is 1.74 bits per heavy atom. The Hall–Kier alpha value is -2.69. The first-order valence-corrected chi connectivity index (χ1v) is 8.90. The second-order valence-electron chi connectivity index (χ2n) is 7.60. The van der Waals surface area contributed by atoms with E-state index in [0.717, 1.165) is 5.56 Å². The smallest absolute Gasteiger partial charge is 0.328 e. The number of rotatable bonds is 6. The molecule has 0 saturated carbocycles. The SMILES string of the molecule is COC(=O)[C@H](Cc1ccc(C(C)(C)C)cc1)NC(=O)Cc1cccc(F)c1. The van der Waals surface area contributed by atoms with Gasteiger partial charge in [0.15, 0.2) is 0 Å². The number of carbonyl (C=O) groups excluding carboxylic acids is 2. The minimum atomic E-state index is -0.795. The van der Waals surface area contributed by atoms with Gasteiger partial charge in [0, 0.05) is 6.42 Å². The van der Waals surface area contributed by atoms with Crippen LogP contribution >= 0.6 is 0 Å². The normalized spacial score (nSPS) is 12.3. The van der Waals surface area contributed by atoms with E-state index in [0.29, 0.717) is 12.0 Å². The number of methoxy groups -OCH3 is 1. The van der Waals surface area contributed by atoms with Crippen LogP contribution in [0.5, 0.6) is 0 Å². The molecule has 0 aliphatic heterocycles. The summed E-state index contributed by atoms with van der Waals surface area (Å²) in [4.78, 5) is 24.4. The average Bonchev–Trinajstić information content (AvgIpc) is 2.60. The molecule has 1 N–H and O–H groups in total. The Morgan fingerprint density at radius 1 is 1.07 bits per heavy atom. The molecule has 2 rings (SSSR count). The van der Waals surface area contributed by atoms with Gasteiger partial charge in [0.25, 0.3) is 0 Å². The number of benzene rings is 2. The van der Waals surface area contributed by atoms with Gasteiger partial charge >= 0.3 is 5.97 Å². The van der Waals surface area contributed by atoms with Crippen molar-refractivity contribution in [1.82, 2.24) is 5.32 Å². The number of halogens is 1. The lowest BCUT2D eigenvalue weighted by molar-refractivity contribution is -0.145. The van der Waals surface area contributed by atoms with Gasteiger partial charge in [-0.15, -0.1) is 0 Å².